The van der Waals surface area contributed by atoms with Crippen LogP contribution in [-0.2, 0) is 33.9 Å². The molecule has 0 aromatic heterocycles. The summed E-state index contributed by atoms with van der Waals surface area (Å²) < 4.78 is 52.3. The summed E-state index contributed by atoms with van der Waals surface area (Å²) in [7, 11) is -0.977. The zero-order valence-electron chi connectivity index (χ0n) is 15.1. The first-order chi connectivity index (χ1) is 12.6. The Morgan fingerprint density at radius 3 is 2.30 bits per heavy atom. The van der Waals surface area contributed by atoms with Gasteiger partial charge in [-0.1, -0.05) is 0 Å². The fraction of sp³-hybridized carbons (Fsp3) is 0.375. The third kappa shape index (κ3) is 4.04. The van der Waals surface area contributed by atoms with Crippen LogP contribution in [0.2, 0.25) is 0 Å². The van der Waals surface area contributed by atoms with Crippen LogP contribution < -0.4 is 9.64 Å². The van der Waals surface area contributed by atoms with Crippen LogP contribution in [0.3, 0.4) is 0 Å². The van der Waals surface area contributed by atoms with E-state index in [1.807, 2.05) is 0 Å². The number of carbonyl (C=O) groups is 2. The number of aryl methyl sites for hydroxylation is 1. The van der Waals surface area contributed by atoms with Crippen LogP contribution in [0.4, 0.5) is 5.69 Å². The van der Waals surface area contributed by atoms with Crippen molar-refractivity contribution in [1.82, 2.24) is 0 Å². The maximum absolute atomic E-state index is 12.3. The van der Waals surface area contributed by atoms with Gasteiger partial charge in [0.15, 0.2) is 0 Å². The molecule has 0 amide bonds. The maximum Gasteiger partial charge on any atom is 0.355 e. The van der Waals surface area contributed by atoms with Gasteiger partial charge < -0.3 is 23.8 Å². The second-order valence-corrected chi connectivity index (χ2v) is 6.87. The van der Waals surface area contributed by atoms with E-state index in [4.69, 9.17) is 14.2 Å². The molecule has 11 heteroatoms. The highest BCUT2D eigenvalue weighted by Gasteiger charge is 2.34. The van der Waals surface area contributed by atoms with Gasteiger partial charge in [-0.15, -0.1) is 0 Å². The predicted octanol–water partition coefficient (Wildman–Crippen LogP) is 0.645. The topological polar surface area (TPSA) is 129 Å². The Kier molecular flexibility index (Phi) is 6.08. The van der Waals surface area contributed by atoms with Crippen LogP contribution in [0.5, 0.6) is 5.75 Å². The molecule has 1 heterocycles. The Morgan fingerprint density at radius 1 is 1.15 bits per heavy atom. The maximum atomic E-state index is 12.3. The number of anilines is 1. The molecule has 0 radical (unpaired) electrons. The monoisotopic (exact) mass is 401 g/mol. The van der Waals surface area contributed by atoms with Gasteiger partial charge in [0.1, 0.15) is 23.1 Å². The van der Waals surface area contributed by atoms with E-state index in [0.29, 0.717) is 11.3 Å². The Labute approximate surface area is 156 Å². The van der Waals surface area contributed by atoms with Crippen LogP contribution in [0.1, 0.15) is 5.56 Å². The fourth-order valence-electron chi connectivity index (χ4n) is 2.64. The highest BCUT2D eigenvalue weighted by Crippen LogP contribution is 2.36. The van der Waals surface area contributed by atoms with E-state index in [-0.39, 0.29) is 30.4 Å². The van der Waals surface area contributed by atoms with E-state index in [1.165, 1.54) is 31.3 Å². The van der Waals surface area contributed by atoms with E-state index in [2.05, 4.69) is 4.74 Å². The smallest absolute Gasteiger partial charge is 0.355 e. The molecule has 2 rings (SSSR count). The second-order valence-electron chi connectivity index (χ2n) is 5.48. The zero-order valence-corrected chi connectivity index (χ0v) is 16.0. The molecule has 1 N–H and O–H groups in total. The zero-order chi connectivity index (χ0) is 20.4. The molecular weight excluding hydrogens is 382 g/mol. The molecule has 0 bridgehead atoms. The average Bonchev–Trinajstić information content (AvgIpc) is 2.65. The van der Waals surface area contributed by atoms with Crippen LogP contribution >= 0.6 is 0 Å². The molecule has 1 aliphatic heterocycles. The van der Waals surface area contributed by atoms with Gasteiger partial charge >= 0.3 is 11.9 Å². The van der Waals surface area contributed by atoms with Crippen molar-refractivity contribution in [3.63, 3.8) is 0 Å². The number of esters is 2. The lowest BCUT2D eigenvalue weighted by atomic mass is 10.1. The SMILES string of the molecule is COC(=O)C1=C(C(=O)OC)N(c2cc(OC)c(S(=O)(=O)O)cc2C)COC1. The van der Waals surface area contributed by atoms with E-state index >= 15 is 0 Å². The standard InChI is InChI=1S/C16H19NO9S/c1-9-5-13(27(20,21)22)12(23-2)6-11(9)17-8-26-7-10(15(18)24-3)14(17)16(19)25-4/h5-6H,7-8H2,1-4H3,(H,20,21,22). The number of hydrogen-bond acceptors (Lipinski definition) is 9. The van der Waals surface area contributed by atoms with Crippen molar-refractivity contribution in [1.29, 1.82) is 0 Å². The number of carbonyl (C=O) groups excluding carboxylic acids is 2. The highest BCUT2D eigenvalue weighted by molar-refractivity contribution is 7.86. The average molecular weight is 401 g/mol. The van der Waals surface area contributed by atoms with Gasteiger partial charge in [0.2, 0.25) is 0 Å². The summed E-state index contributed by atoms with van der Waals surface area (Å²) in [6.07, 6.45) is 0. The Bertz CT molecular complexity index is 905. The molecule has 10 nitrogen and oxygen atoms in total. The number of benzene rings is 1. The van der Waals surface area contributed by atoms with Crippen molar-refractivity contribution in [2.24, 2.45) is 0 Å². The summed E-state index contributed by atoms with van der Waals surface area (Å²) in [6.45, 7) is 1.29. The minimum atomic E-state index is -4.53. The quantitative estimate of drug-likeness (QED) is 0.554. The minimum absolute atomic E-state index is 0.0483. The first kappa shape index (κ1) is 20.7. The fourth-order valence-corrected chi connectivity index (χ4v) is 3.36. The molecule has 1 aromatic carbocycles. The van der Waals surface area contributed by atoms with Crippen LogP contribution in [0, 0.1) is 6.92 Å². The van der Waals surface area contributed by atoms with Gasteiger partial charge in [-0.25, -0.2) is 9.59 Å². The number of hydrogen-bond donors (Lipinski definition) is 1. The lowest BCUT2D eigenvalue weighted by molar-refractivity contribution is -0.140. The Morgan fingerprint density at radius 2 is 1.78 bits per heavy atom. The Hall–Kier alpha value is -2.63. The van der Waals surface area contributed by atoms with Crippen molar-refractivity contribution < 1.29 is 41.5 Å². The minimum Gasteiger partial charge on any atom is -0.495 e. The van der Waals surface area contributed by atoms with Gasteiger partial charge in [0.05, 0.1) is 39.2 Å². The van der Waals surface area contributed by atoms with E-state index in [9.17, 15) is 22.6 Å². The number of methoxy groups -OCH3 is 3. The highest BCUT2D eigenvalue weighted by atomic mass is 32.2. The molecule has 0 atom stereocenters. The predicted molar refractivity (Wildman–Crippen MR) is 91.9 cm³/mol. The van der Waals surface area contributed by atoms with Crippen molar-refractivity contribution in [3.05, 3.63) is 29.0 Å². The summed E-state index contributed by atoms with van der Waals surface area (Å²) in [5.41, 5.74) is 0.550. The van der Waals surface area contributed by atoms with Gasteiger partial charge in [-0.2, -0.15) is 8.42 Å². The van der Waals surface area contributed by atoms with E-state index in [1.54, 1.807) is 6.92 Å². The summed E-state index contributed by atoms with van der Waals surface area (Å²) >= 11 is 0. The van der Waals surface area contributed by atoms with Gasteiger partial charge in [-0.3, -0.25) is 4.55 Å². The molecule has 0 aliphatic carbocycles. The summed E-state index contributed by atoms with van der Waals surface area (Å²) in [4.78, 5) is 25.3. The van der Waals surface area contributed by atoms with Crippen LogP contribution in [0.15, 0.2) is 28.3 Å². The van der Waals surface area contributed by atoms with Gasteiger partial charge in [-0.05, 0) is 18.6 Å². The van der Waals surface area contributed by atoms with Crippen molar-refractivity contribution >= 4 is 27.7 Å². The van der Waals surface area contributed by atoms with Gasteiger partial charge in [0, 0.05) is 6.07 Å². The summed E-state index contributed by atoms with van der Waals surface area (Å²) in [5.74, 6) is -1.71. The Balaban J connectivity index is 2.71. The molecule has 27 heavy (non-hydrogen) atoms. The lowest BCUT2D eigenvalue weighted by Gasteiger charge is -2.32. The first-order valence-corrected chi connectivity index (χ1v) is 9.00. The van der Waals surface area contributed by atoms with Crippen LogP contribution in [0.25, 0.3) is 0 Å². The lowest BCUT2D eigenvalue weighted by Crippen LogP contribution is -2.39. The molecule has 0 fully saturated rings. The first-order valence-electron chi connectivity index (χ1n) is 7.56. The van der Waals surface area contributed by atoms with E-state index in [0.717, 1.165) is 7.11 Å². The normalized spacial score (nSPS) is 14.8. The molecule has 1 aliphatic rings. The third-order valence-corrected chi connectivity index (χ3v) is 4.76. The van der Waals surface area contributed by atoms with E-state index < -0.39 is 27.0 Å². The molecular formula is C16H19NO9S. The van der Waals surface area contributed by atoms with Crippen molar-refractivity contribution in [3.8, 4) is 5.75 Å². The molecule has 0 saturated carbocycles. The summed E-state index contributed by atoms with van der Waals surface area (Å²) in [6, 6.07) is 2.50. The molecule has 148 valence electrons. The molecule has 1 aromatic rings. The van der Waals surface area contributed by atoms with Crippen molar-refractivity contribution in [2.75, 3.05) is 39.6 Å². The van der Waals surface area contributed by atoms with Crippen molar-refractivity contribution in [2.45, 2.75) is 11.8 Å². The second kappa shape index (κ2) is 7.94. The molecule has 0 saturated heterocycles. The molecule has 0 unspecified atom stereocenters. The summed E-state index contributed by atoms with van der Waals surface area (Å²) in [5, 5.41) is 0. The number of rotatable bonds is 5. The third-order valence-electron chi connectivity index (χ3n) is 3.88. The number of nitrogens with zero attached hydrogens (tertiary/aromatic N) is 1. The number of ether oxygens (including phenoxy) is 4. The van der Waals surface area contributed by atoms with Crippen LogP contribution in [-0.4, -0.2) is 59.6 Å². The molecule has 0 spiro atoms. The van der Waals surface area contributed by atoms with Gasteiger partial charge in [0.25, 0.3) is 10.1 Å². The largest absolute Gasteiger partial charge is 0.495 e.